The Morgan fingerprint density at radius 1 is 0.453 bits per heavy atom. The summed E-state index contributed by atoms with van der Waals surface area (Å²) in [7, 11) is 0. The summed E-state index contributed by atoms with van der Waals surface area (Å²) in [6.45, 7) is 13.4. The largest absolute Gasteiger partial charge is 0.449 e. The number of amides is 1. The topological polar surface area (TPSA) is 175 Å². The lowest BCUT2D eigenvalue weighted by Crippen LogP contribution is -2.29. The molecule has 1 amide bonds. The smallest absolute Gasteiger partial charge is 0.407 e. The van der Waals surface area contributed by atoms with Crippen molar-refractivity contribution in [1.82, 2.24) is 5.32 Å². The summed E-state index contributed by atoms with van der Waals surface area (Å²) in [6.07, 6.45) is 3.79. The number of hydrogen-bond acceptors (Lipinski definition) is 15. The van der Waals surface area contributed by atoms with Crippen molar-refractivity contribution in [2.75, 3.05) is 178 Å². The first-order valence-electron chi connectivity index (χ1n) is 19.3. The van der Waals surface area contributed by atoms with Gasteiger partial charge in [-0.2, -0.15) is 0 Å². The molecule has 2 atom stereocenters. The molecule has 1 saturated carbocycles. The highest BCUT2D eigenvalue weighted by Gasteiger charge is 2.49. The van der Waals surface area contributed by atoms with Gasteiger partial charge < -0.3 is 72.6 Å². The second-order valence-corrected chi connectivity index (χ2v) is 12.1. The van der Waals surface area contributed by atoms with E-state index in [0.717, 1.165) is 25.7 Å². The van der Waals surface area contributed by atoms with Gasteiger partial charge >= 0.3 is 6.09 Å². The van der Waals surface area contributed by atoms with Crippen LogP contribution in [0.4, 0.5) is 4.79 Å². The highest BCUT2D eigenvalue weighted by atomic mass is 16.6. The van der Waals surface area contributed by atoms with E-state index in [1.54, 1.807) is 0 Å². The summed E-state index contributed by atoms with van der Waals surface area (Å²) in [6, 6.07) is 0. The van der Waals surface area contributed by atoms with E-state index in [0.29, 0.717) is 196 Å². The van der Waals surface area contributed by atoms with Gasteiger partial charge in [0.2, 0.25) is 0 Å². The molecule has 16 nitrogen and oxygen atoms in total. The van der Waals surface area contributed by atoms with Gasteiger partial charge in [-0.25, -0.2) is 4.79 Å². The number of nitrogens with two attached hydrogens (primary N) is 1. The van der Waals surface area contributed by atoms with Crippen molar-refractivity contribution in [3.63, 3.8) is 0 Å². The van der Waals surface area contributed by atoms with Crippen LogP contribution in [-0.4, -0.2) is 184 Å². The number of carbonyl (C=O) groups excluding carboxylic acids is 1. The Hall–Kier alpha value is -1.69. The Morgan fingerprint density at radius 3 is 1.04 bits per heavy atom. The van der Waals surface area contributed by atoms with Crippen LogP contribution < -0.4 is 11.1 Å². The summed E-state index contributed by atoms with van der Waals surface area (Å²) in [5.74, 6) is 8.24. The highest BCUT2D eigenvalue weighted by Crippen LogP contribution is 2.52. The van der Waals surface area contributed by atoms with Crippen molar-refractivity contribution in [2.45, 2.75) is 25.7 Å². The van der Waals surface area contributed by atoms with Crippen LogP contribution in [0.25, 0.3) is 0 Å². The molecule has 0 spiro atoms. The molecule has 2 unspecified atom stereocenters. The van der Waals surface area contributed by atoms with Crippen molar-refractivity contribution >= 4 is 6.09 Å². The average Bonchev–Trinajstić information content (AvgIpc) is 3.81. The fourth-order valence-corrected chi connectivity index (χ4v) is 5.33. The molecule has 0 aliphatic heterocycles. The Bertz CT molecular complexity index is 862. The molecule has 0 radical (unpaired) electrons. The lowest BCUT2D eigenvalue weighted by atomic mass is 10.1. The third-order valence-electron chi connectivity index (χ3n) is 8.12. The standard InChI is InChI=1S/C37H68N2O14/c38-7-9-41-11-13-43-15-17-45-19-21-47-23-25-49-27-29-51-31-32-52-30-28-50-26-24-48-22-20-46-18-16-44-14-12-42-10-8-39-37(40)53-33-36-34-5-3-1-2-4-6-35(34)36/h34-36H,3-33,38H2,(H,39,40). The van der Waals surface area contributed by atoms with Crippen molar-refractivity contribution in [3.05, 3.63) is 0 Å². The minimum absolute atomic E-state index is 0.381. The van der Waals surface area contributed by atoms with Crippen LogP contribution in [0.2, 0.25) is 0 Å². The molecule has 2 aliphatic rings. The van der Waals surface area contributed by atoms with E-state index < -0.39 is 0 Å². The fourth-order valence-electron chi connectivity index (χ4n) is 5.33. The summed E-state index contributed by atoms with van der Waals surface area (Å²) in [5, 5.41) is 2.74. The van der Waals surface area contributed by atoms with Gasteiger partial charge in [0.25, 0.3) is 0 Å². The van der Waals surface area contributed by atoms with Gasteiger partial charge in [0.05, 0.1) is 165 Å². The first-order valence-corrected chi connectivity index (χ1v) is 19.3. The molecule has 0 aromatic heterocycles. The van der Waals surface area contributed by atoms with Crippen LogP contribution in [0.1, 0.15) is 25.7 Å². The van der Waals surface area contributed by atoms with Gasteiger partial charge in [-0.3, -0.25) is 0 Å². The first kappa shape index (κ1) is 47.5. The minimum Gasteiger partial charge on any atom is -0.449 e. The van der Waals surface area contributed by atoms with Gasteiger partial charge in [0.1, 0.15) is 0 Å². The zero-order chi connectivity index (χ0) is 37.5. The first-order chi connectivity index (χ1) is 26.3. The summed E-state index contributed by atoms with van der Waals surface area (Å²) < 4.78 is 70.8. The van der Waals surface area contributed by atoms with E-state index in [1.807, 2.05) is 0 Å². The van der Waals surface area contributed by atoms with E-state index in [1.165, 1.54) is 0 Å². The molecular formula is C37H68N2O14. The number of alkyl carbamates (subject to hydrolysis) is 1. The van der Waals surface area contributed by atoms with Gasteiger partial charge in [-0.1, -0.05) is 0 Å². The van der Waals surface area contributed by atoms with Crippen molar-refractivity contribution < 1.29 is 66.4 Å². The SMILES string of the molecule is NCCOCCOCCOCCOCCOCCOCCOCCOCCOCCOCCOCCOCCNC(=O)OCC1C2CCC#CCCC21. The molecular weight excluding hydrogens is 696 g/mol. The fraction of sp³-hybridized carbons (Fsp3) is 0.919. The molecule has 53 heavy (non-hydrogen) atoms. The van der Waals surface area contributed by atoms with Gasteiger partial charge in [0.15, 0.2) is 0 Å². The molecule has 0 saturated heterocycles. The molecule has 3 N–H and O–H groups in total. The van der Waals surface area contributed by atoms with Crippen LogP contribution in [0.5, 0.6) is 0 Å². The number of hydrogen-bond donors (Lipinski definition) is 2. The molecule has 0 aromatic carbocycles. The molecule has 310 valence electrons. The third kappa shape index (κ3) is 30.2. The number of carbonyl (C=O) groups is 1. The summed E-state index contributed by atoms with van der Waals surface area (Å²) in [5.41, 5.74) is 5.34. The normalized spacial score (nSPS) is 17.8. The lowest BCUT2D eigenvalue weighted by Gasteiger charge is -2.09. The van der Waals surface area contributed by atoms with Gasteiger partial charge in [-0.15, -0.1) is 11.8 Å². The minimum atomic E-state index is -0.381. The maximum Gasteiger partial charge on any atom is 0.407 e. The van der Waals surface area contributed by atoms with Crippen LogP contribution >= 0.6 is 0 Å². The molecule has 2 aliphatic carbocycles. The Morgan fingerprint density at radius 2 is 0.736 bits per heavy atom. The molecule has 0 bridgehead atoms. The Labute approximate surface area is 316 Å². The maximum absolute atomic E-state index is 11.9. The molecule has 0 heterocycles. The van der Waals surface area contributed by atoms with Crippen molar-refractivity contribution in [2.24, 2.45) is 23.5 Å². The third-order valence-corrected chi connectivity index (χ3v) is 8.12. The van der Waals surface area contributed by atoms with Gasteiger partial charge in [-0.05, 0) is 30.6 Å². The second-order valence-electron chi connectivity index (χ2n) is 12.1. The van der Waals surface area contributed by atoms with Crippen LogP contribution in [-0.2, 0) is 61.6 Å². The predicted octanol–water partition coefficient (Wildman–Crippen LogP) is 1.31. The van der Waals surface area contributed by atoms with Crippen LogP contribution in [0.3, 0.4) is 0 Å². The van der Waals surface area contributed by atoms with Crippen molar-refractivity contribution in [3.8, 4) is 11.8 Å². The number of rotatable bonds is 40. The lowest BCUT2D eigenvalue weighted by molar-refractivity contribution is -0.0282. The van der Waals surface area contributed by atoms with E-state index in [-0.39, 0.29) is 6.09 Å². The summed E-state index contributed by atoms with van der Waals surface area (Å²) >= 11 is 0. The zero-order valence-electron chi connectivity index (χ0n) is 31.9. The van der Waals surface area contributed by atoms with Crippen molar-refractivity contribution in [1.29, 1.82) is 0 Å². The number of ether oxygens (including phenoxy) is 13. The Kier molecular flexibility index (Phi) is 33.4. The monoisotopic (exact) mass is 764 g/mol. The molecule has 2 rings (SSSR count). The highest BCUT2D eigenvalue weighted by molar-refractivity contribution is 5.67. The van der Waals surface area contributed by atoms with E-state index in [9.17, 15) is 4.79 Å². The number of fused-ring (bicyclic) bond motifs is 1. The molecule has 1 fully saturated rings. The van der Waals surface area contributed by atoms with E-state index in [4.69, 9.17) is 67.3 Å². The second kappa shape index (κ2) is 37.2. The quantitative estimate of drug-likeness (QED) is 0.0675. The average molecular weight is 765 g/mol. The predicted molar refractivity (Wildman–Crippen MR) is 195 cm³/mol. The zero-order valence-corrected chi connectivity index (χ0v) is 31.9. The molecule has 16 heteroatoms. The maximum atomic E-state index is 11.9. The molecule has 0 aromatic rings. The summed E-state index contributed by atoms with van der Waals surface area (Å²) in [4.78, 5) is 11.9. The van der Waals surface area contributed by atoms with E-state index >= 15 is 0 Å². The van der Waals surface area contributed by atoms with Crippen LogP contribution in [0.15, 0.2) is 0 Å². The van der Waals surface area contributed by atoms with Crippen LogP contribution in [0, 0.1) is 29.6 Å². The number of nitrogens with one attached hydrogen (secondary N) is 1. The Balaban J connectivity index is 1.14. The van der Waals surface area contributed by atoms with E-state index in [2.05, 4.69) is 17.2 Å². The van der Waals surface area contributed by atoms with Gasteiger partial charge in [0, 0.05) is 25.9 Å².